The van der Waals surface area contributed by atoms with E-state index in [2.05, 4.69) is 56.3 Å². The first-order chi connectivity index (χ1) is 12.3. The van der Waals surface area contributed by atoms with Crippen LogP contribution in [0.25, 0.3) is 11.1 Å². The Morgan fingerprint density at radius 1 is 1.00 bits per heavy atom. The zero-order valence-corrected chi connectivity index (χ0v) is 16.0. The minimum atomic E-state index is 0.993. The molecule has 2 aromatic carbocycles. The number of thiazole rings is 1. The SMILES string of the molecule is CCCCCCc1nc(C)sc1Cc1ccc(-c2[c]cccc2)cc1. The zero-order chi connectivity index (χ0) is 17.5. The molecule has 0 saturated heterocycles. The molecular formula is C23H26NS. The molecule has 0 saturated carbocycles. The van der Waals surface area contributed by atoms with E-state index in [0.717, 1.165) is 18.4 Å². The minimum Gasteiger partial charge on any atom is -0.246 e. The van der Waals surface area contributed by atoms with E-state index in [0.29, 0.717) is 0 Å². The predicted octanol–water partition coefficient (Wildman–Crippen LogP) is 6.63. The van der Waals surface area contributed by atoms with Crippen LogP contribution >= 0.6 is 11.3 Å². The third kappa shape index (κ3) is 5.02. The van der Waals surface area contributed by atoms with Crippen LogP contribution in [0.2, 0.25) is 0 Å². The first-order valence-electron chi connectivity index (χ1n) is 9.27. The van der Waals surface area contributed by atoms with Crippen molar-refractivity contribution in [2.45, 2.75) is 52.4 Å². The van der Waals surface area contributed by atoms with Gasteiger partial charge in [-0.2, -0.15) is 0 Å². The summed E-state index contributed by atoms with van der Waals surface area (Å²) >= 11 is 1.86. The highest BCUT2D eigenvalue weighted by molar-refractivity contribution is 7.11. The van der Waals surface area contributed by atoms with Crippen molar-refractivity contribution in [1.82, 2.24) is 4.98 Å². The molecule has 129 valence electrons. The zero-order valence-electron chi connectivity index (χ0n) is 15.2. The fraction of sp³-hybridized carbons (Fsp3) is 0.348. The molecule has 2 heteroatoms. The van der Waals surface area contributed by atoms with Crippen molar-refractivity contribution in [3.63, 3.8) is 0 Å². The lowest BCUT2D eigenvalue weighted by atomic mass is 10.0. The van der Waals surface area contributed by atoms with Crippen molar-refractivity contribution in [3.8, 4) is 11.1 Å². The topological polar surface area (TPSA) is 12.9 Å². The Labute approximate surface area is 155 Å². The van der Waals surface area contributed by atoms with Crippen LogP contribution in [0.4, 0.5) is 0 Å². The maximum absolute atomic E-state index is 4.78. The number of unbranched alkanes of at least 4 members (excludes halogenated alkanes) is 3. The third-order valence-corrected chi connectivity index (χ3v) is 5.50. The molecule has 0 unspecified atom stereocenters. The Balaban J connectivity index is 1.68. The molecule has 1 radical (unpaired) electrons. The molecule has 1 aromatic heterocycles. The number of hydrogen-bond acceptors (Lipinski definition) is 2. The molecule has 1 heterocycles. The third-order valence-electron chi connectivity index (χ3n) is 4.49. The molecule has 0 aliphatic rings. The summed E-state index contributed by atoms with van der Waals surface area (Å²) in [6.45, 7) is 4.38. The van der Waals surface area contributed by atoms with Gasteiger partial charge in [-0.25, -0.2) is 4.98 Å². The molecule has 1 nitrogen and oxygen atoms in total. The van der Waals surface area contributed by atoms with Crippen LogP contribution in [-0.2, 0) is 12.8 Å². The molecule has 3 aromatic rings. The van der Waals surface area contributed by atoms with Gasteiger partial charge >= 0.3 is 0 Å². The average molecular weight is 349 g/mol. The molecule has 0 atom stereocenters. The molecular weight excluding hydrogens is 322 g/mol. The Hall–Kier alpha value is -1.93. The fourth-order valence-electron chi connectivity index (χ4n) is 3.13. The van der Waals surface area contributed by atoms with E-state index in [4.69, 9.17) is 4.98 Å². The van der Waals surface area contributed by atoms with Gasteiger partial charge in [-0.15, -0.1) is 11.3 Å². The monoisotopic (exact) mass is 348 g/mol. The van der Waals surface area contributed by atoms with E-state index in [1.807, 2.05) is 23.5 Å². The van der Waals surface area contributed by atoms with E-state index in [1.54, 1.807) is 0 Å². The van der Waals surface area contributed by atoms with Gasteiger partial charge in [0.2, 0.25) is 0 Å². The van der Waals surface area contributed by atoms with Crippen molar-refractivity contribution in [3.05, 3.63) is 75.7 Å². The van der Waals surface area contributed by atoms with Crippen LogP contribution in [-0.4, -0.2) is 4.98 Å². The number of nitrogens with zero attached hydrogens (tertiary/aromatic N) is 1. The van der Waals surface area contributed by atoms with Crippen molar-refractivity contribution < 1.29 is 0 Å². The predicted molar refractivity (Wildman–Crippen MR) is 108 cm³/mol. The maximum atomic E-state index is 4.78. The van der Waals surface area contributed by atoms with Crippen molar-refractivity contribution in [2.24, 2.45) is 0 Å². The fourth-order valence-corrected chi connectivity index (χ4v) is 4.14. The van der Waals surface area contributed by atoms with Gasteiger partial charge in [0.05, 0.1) is 10.7 Å². The highest BCUT2D eigenvalue weighted by Gasteiger charge is 2.10. The maximum Gasteiger partial charge on any atom is 0.0900 e. The standard InChI is InChI=1S/C23H26NS/c1-3-4-5-9-12-22-23(25-18(2)24-22)17-19-13-15-21(16-14-19)20-10-7-6-8-11-20/h6-8,10,13-16H,3-5,9,12,17H2,1-2H3. The van der Waals surface area contributed by atoms with Crippen molar-refractivity contribution in [1.29, 1.82) is 0 Å². The van der Waals surface area contributed by atoms with E-state index in [9.17, 15) is 0 Å². The first-order valence-corrected chi connectivity index (χ1v) is 10.1. The quantitative estimate of drug-likeness (QED) is 0.416. The summed E-state index contributed by atoms with van der Waals surface area (Å²) in [7, 11) is 0. The summed E-state index contributed by atoms with van der Waals surface area (Å²) in [5, 5.41) is 1.19. The minimum absolute atomic E-state index is 0.993. The first kappa shape index (κ1) is 17.9. The smallest absolute Gasteiger partial charge is 0.0900 e. The van der Waals surface area contributed by atoms with Crippen LogP contribution < -0.4 is 0 Å². The van der Waals surface area contributed by atoms with Gasteiger partial charge in [0.1, 0.15) is 0 Å². The highest BCUT2D eigenvalue weighted by atomic mass is 32.1. The van der Waals surface area contributed by atoms with Gasteiger partial charge in [0.15, 0.2) is 0 Å². The molecule has 0 aliphatic carbocycles. The van der Waals surface area contributed by atoms with Gasteiger partial charge in [-0.3, -0.25) is 0 Å². The van der Waals surface area contributed by atoms with Crippen molar-refractivity contribution >= 4 is 11.3 Å². The second-order valence-electron chi connectivity index (χ2n) is 6.56. The lowest BCUT2D eigenvalue weighted by Gasteiger charge is -2.05. The molecule has 0 N–H and O–H groups in total. The van der Waals surface area contributed by atoms with Crippen molar-refractivity contribution in [2.75, 3.05) is 0 Å². The second-order valence-corrected chi connectivity index (χ2v) is 7.85. The number of hydrogen-bond donors (Lipinski definition) is 0. The van der Waals surface area contributed by atoms with Gasteiger partial charge in [-0.1, -0.05) is 74.7 Å². The van der Waals surface area contributed by atoms with E-state index < -0.39 is 0 Å². The summed E-state index contributed by atoms with van der Waals surface area (Å²) in [4.78, 5) is 6.22. The summed E-state index contributed by atoms with van der Waals surface area (Å²) in [6, 6.07) is 20.3. The summed E-state index contributed by atoms with van der Waals surface area (Å²) in [6.07, 6.45) is 7.30. The Morgan fingerprint density at radius 2 is 1.84 bits per heavy atom. The molecule has 0 bridgehead atoms. The Morgan fingerprint density at radius 3 is 2.56 bits per heavy atom. The molecule has 3 rings (SSSR count). The van der Waals surface area contributed by atoms with Gasteiger partial charge in [-0.05, 0) is 42.5 Å². The van der Waals surface area contributed by atoms with Gasteiger partial charge in [0.25, 0.3) is 0 Å². The van der Waals surface area contributed by atoms with Crippen LogP contribution in [0.1, 0.15) is 53.7 Å². The number of rotatable bonds is 8. The summed E-state index contributed by atoms with van der Waals surface area (Å²) in [5.41, 5.74) is 5.06. The van der Waals surface area contributed by atoms with Crippen LogP contribution in [0.15, 0.2) is 48.5 Å². The average Bonchev–Trinajstić information content (AvgIpc) is 2.99. The van der Waals surface area contributed by atoms with Crippen LogP contribution in [0, 0.1) is 13.0 Å². The lowest BCUT2D eigenvalue weighted by Crippen LogP contribution is -1.94. The summed E-state index contributed by atoms with van der Waals surface area (Å²) < 4.78 is 0. The van der Waals surface area contributed by atoms with E-state index in [1.165, 1.54) is 52.4 Å². The number of aromatic nitrogens is 1. The molecule has 0 aliphatic heterocycles. The highest BCUT2D eigenvalue weighted by Crippen LogP contribution is 2.25. The molecule has 0 spiro atoms. The molecule has 25 heavy (non-hydrogen) atoms. The molecule has 0 amide bonds. The summed E-state index contributed by atoms with van der Waals surface area (Å²) in [5.74, 6) is 0. The number of aryl methyl sites for hydroxylation is 2. The second kappa shape index (κ2) is 8.96. The van der Waals surface area contributed by atoms with Gasteiger partial charge < -0.3 is 0 Å². The normalized spacial score (nSPS) is 11.0. The number of benzene rings is 2. The molecule has 0 fully saturated rings. The van der Waals surface area contributed by atoms with Crippen LogP contribution in [0.3, 0.4) is 0 Å². The lowest BCUT2D eigenvalue weighted by molar-refractivity contribution is 0.660. The van der Waals surface area contributed by atoms with E-state index in [-0.39, 0.29) is 0 Å². The largest absolute Gasteiger partial charge is 0.246 e. The Kier molecular flexibility index (Phi) is 6.41. The van der Waals surface area contributed by atoms with E-state index >= 15 is 0 Å². The van der Waals surface area contributed by atoms with Gasteiger partial charge in [0, 0.05) is 11.3 Å². The Bertz CT molecular complexity index is 772. The van der Waals surface area contributed by atoms with Crippen LogP contribution in [0.5, 0.6) is 0 Å².